The summed E-state index contributed by atoms with van der Waals surface area (Å²) in [4.78, 5) is 10.4. The van der Waals surface area contributed by atoms with Crippen LogP contribution in [0.15, 0.2) is 66.7 Å². The first-order valence-electron chi connectivity index (χ1n) is 19.8. The van der Waals surface area contributed by atoms with Crippen molar-refractivity contribution in [3.63, 3.8) is 0 Å². The molecule has 2 heterocycles. The number of nitrogens with zero attached hydrogens (tertiary/aromatic N) is 4. The zero-order valence-electron chi connectivity index (χ0n) is 36.8. The second kappa shape index (κ2) is 40.7. The van der Waals surface area contributed by atoms with Crippen LogP contribution in [0.4, 0.5) is 0 Å². The van der Waals surface area contributed by atoms with Crippen LogP contribution in [0, 0.1) is 27.4 Å². The summed E-state index contributed by atoms with van der Waals surface area (Å²) in [6.07, 6.45) is 4.50. The van der Waals surface area contributed by atoms with E-state index in [1.54, 1.807) is 6.92 Å². The Morgan fingerprint density at radius 1 is 0.537 bits per heavy atom. The molecule has 2 aliphatic heterocycles. The van der Waals surface area contributed by atoms with Crippen molar-refractivity contribution in [3.05, 3.63) is 105 Å². The van der Waals surface area contributed by atoms with E-state index < -0.39 is 0 Å². The van der Waals surface area contributed by atoms with Crippen LogP contribution in [-0.4, -0.2) is 106 Å². The van der Waals surface area contributed by atoms with Gasteiger partial charge >= 0.3 is 0 Å². The molecule has 0 saturated carbocycles. The van der Waals surface area contributed by atoms with Gasteiger partial charge in [0.1, 0.15) is 0 Å². The summed E-state index contributed by atoms with van der Waals surface area (Å²) in [5, 5.41) is 0. The monoisotopic (exact) mass is 932 g/mol. The number of thioether (sulfide) groups is 2. The first-order chi connectivity index (χ1) is 24.7. The van der Waals surface area contributed by atoms with Gasteiger partial charge in [0.05, 0.1) is 0 Å². The van der Waals surface area contributed by atoms with E-state index in [2.05, 4.69) is 166 Å². The van der Waals surface area contributed by atoms with Gasteiger partial charge in [-0.2, -0.15) is 42.8 Å². The molecular formula is C46H82N4S2Y2-4. The molecule has 8 heteroatoms. The first kappa shape index (κ1) is 61.6. The van der Waals surface area contributed by atoms with Gasteiger partial charge in [0.25, 0.3) is 0 Å². The van der Waals surface area contributed by atoms with Crippen LogP contribution in [0.25, 0.3) is 0 Å². The molecule has 2 aromatic rings. The molecule has 0 amide bonds. The summed E-state index contributed by atoms with van der Waals surface area (Å²) in [6, 6.07) is 21.6. The van der Waals surface area contributed by atoms with Gasteiger partial charge in [-0.1, -0.05) is 130 Å². The van der Waals surface area contributed by atoms with Crippen LogP contribution in [0.5, 0.6) is 0 Å². The van der Waals surface area contributed by atoms with Crippen molar-refractivity contribution in [2.24, 2.45) is 0 Å². The van der Waals surface area contributed by atoms with Crippen molar-refractivity contribution >= 4 is 23.5 Å². The predicted molar refractivity (Wildman–Crippen MR) is 242 cm³/mol. The number of hydrogen-bond acceptors (Lipinski definition) is 6. The Hall–Kier alpha value is 0.928. The van der Waals surface area contributed by atoms with E-state index in [4.69, 9.17) is 6.58 Å². The fraction of sp³-hybridized carbons (Fsp3) is 0.630. The fourth-order valence-electron chi connectivity index (χ4n) is 4.99. The molecule has 2 fully saturated rings. The molecule has 2 aliphatic rings. The number of piperazine rings is 2. The van der Waals surface area contributed by atoms with Gasteiger partial charge in [0, 0.05) is 165 Å². The average molecular weight is 933 g/mol. The average Bonchev–Trinajstić information content (AvgIpc) is 3.08. The summed E-state index contributed by atoms with van der Waals surface area (Å²) in [7, 11) is 0. The fourth-order valence-corrected chi connectivity index (χ4v) is 6.91. The third-order valence-electron chi connectivity index (χ3n) is 7.31. The molecule has 0 bridgehead atoms. The van der Waals surface area contributed by atoms with Crippen molar-refractivity contribution in [3.8, 4) is 0 Å². The molecule has 0 spiro atoms. The third kappa shape index (κ3) is 41.1. The summed E-state index contributed by atoms with van der Waals surface area (Å²) >= 11 is 4.15. The standard InChI is InChI=1S/2C17H28N2S.3C3H7.C3H5.2Y/c2*1-17(2,3)20-14-13-18-9-11-19(12-10-18)15-16-7-5-4-6-8-16;4*1-3-2;;/h2*4-8H,9-15H2,1-3H3;3*1,3H2,2H3;1,3H,2H3;;/q;;4*-1;;. The second-order valence-corrected chi connectivity index (χ2v) is 18.8. The van der Waals surface area contributed by atoms with Crippen molar-refractivity contribution in [1.82, 2.24) is 19.6 Å². The van der Waals surface area contributed by atoms with Gasteiger partial charge in [-0.25, -0.2) is 0 Å². The summed E-state index contributed by atoms with van der Waals surface area (Å²) in [5.41, 5.74) is 2.87. The van der Waals surface area contributed by atoms with E-state index in [0.717, 1.165) is 32.4 Å². The summed E-state index contributed by atoms with van der Waals surface area (Å²) in [5.74, 6) is 2.50. The van der Waals surface area contributed by atoms with Crippen LogP contribution in [0.2, 0.25) is 0 Å². The van der Waals surface area contributed by atoms with Crippen molar-refractivity contribution < 1.29 is 65.4 Å². The first-order valence-corrected chi connectivity index (χ1v) is 21.8. The molecule has 308 valence electrons. The minimum absolute atomic E-state index is 0. The molecule has 4 rings (SSSR count). The molecule has 2 saturated heterocycles. The SMILES string of the molecule is CC(C)(C)SCCN1CCN(Cc2ccccc2)CC1.CC(C)(C)SCCN1CCN(Cc2ccccc2)CC1.[CH-]=CC.[CH2-]CC.[CH2-]CC.[CH2-]CC.[Y].[Y]. The molecular weight excluding hydrogens is 850 g/mol. The van der Waals surface area contributed by atoms with Crippen LogP contribution in [-0.2, 0) is 78.5 Å². The Bertz CT molecular complexity index is 934. The predicted octanol–water partition coefficient (Wildman–Crippen LogP) is 11.4. The molecule has 4 nitrogen and oxygen atoms in total. The largest absolute Gasteiger partial charge is 0.518 e. The van der Waals surface area contributed by atoms with Gasteiger partial charge in [-0.05, 0) is 11.1 Å². The molecule has 0 unspecified atom stereocenters. The van der Waals surface area contributed by atoms with E-state index in [1.165, 1.54) is 94.2 Å². The van der Waals surface area contributed by atoms with Gasteiger partial charge in [-0.15, -0.1) is 0 Å². The smallest absolute Gasteiger partial charge is 0.0234 e. The Balaban J connectivity index is -0.000000348. The van der Waals surface area contributed by atoms with E-state index in [1.807, 2.05) is 20.8 Å². The quantitative estimate of drug-likeness (QED) is 0.219. The van der Waals surface area contributed by atoms with E-state index in [9.17, 15) is 0 Å². The van der Waals surface area contributed by atoms with Crippen LogP contribution >= 0.6 is 23.5 Å². The Morgan fingerprint density at radius 3 is 0.981 bits per heavy atom. The normalized spacial score (nSPS) is 14.8. The zero-order chi connectivity index (χ0) is 39.7. The molecule has 0 aromatic heterocycles. The Kier molecular flexibility index (Phi) is 46.4. The Morgan fingerprint density at radius 2 is 0.759 bits per heavy atom. The van der Waals surface area contributed by atoms with Crippen molar-refractivity contribution in [2.75, 3.05) is 77.0 Å². The van der Waals surface area contributed by atoms with E-state index in [0.29, 0.717) is 9.49 Å². The minimum atomic E-state index is 0. The van der Waals surface area contributed by atoms with Gasteiger partial charge < -0.3 is 27.4 Å². The molecule has 0 aliphatic carbocycles. The van der Waals surface area contributed by atoms with Crippen LogP contribution < -0.4 is 0 Å². The maximum atomic E-state index is 4.72. The topological polar surface area (TPSA) is 13.0 Å². The summed E-state index contributed by atoms with van der Waals surface area (Å²) in [6.45, 7) is 51.2. The van der Waals surface area contributed by atoms with Gasteiger partial charge in [0.2, 0.25) is 0 Å². The molecule has 2 radical (unpaired) electrons. The van der Waals surface area contributed by atoms with Crippen molar-refractivity contribution in [2.45, 2.75) is 111 Å². The number of benzene rings is 2. The van der Waals surface area contributed by atoms with E-state index >= 15 is 0 Å². The maximum absolute atomic E-state index is 4.72. The molecule has 0 N–H and O–H groups in total. The van der Waals surface area contributed by atoms with Gasteiger partial charge in [-0.3, -0.25) is 25.7 Å². The number of rotatable bonds is 10. The summed E-state index contributed by atoms with van der Waals surface area (Å²) < 4.78 is 0.796. The Labute approximate surface area is 397 Å². The molecule has 0 atom stereocenters. The van der Waals surface area contributed by atoms with Crippen LogP contribution in [0.3, 0.4) is 0 Å². The maximum Gasteiger partial charge on any atom is 0.0234 e. The van der Waals surface area contributed by atoms with Gasteiger partial charge in [0.15, 0.2) is 0 Å². The zero-order valence-corrected chi connectivity index (χ0v) is 44.1. The number of hydrogen-bond donors (Lipinski definition) is 0. The molecule has 54 heavy (non-hydrogen) atoms. The van der Waals surface area contributed by atoms with Crippen molar-refractivity contribution in [1.29, 1.82) is 0 Å². The number of allylic oxidation sites excluding steroid dienone is 1. The third-order valence-corrected chi connectivity index (χ3v) is 9.82. The minimum Gasteiger partial charge on any atom is -0.518 e. The van der Waals surface area contributed by atoms with Crippen LogP contribution in [0.1, 0.15) is 99.6 Å². The van der Waals surface area contributed by atoms with E-state index in [-0.39, 0.29) is 65.4 Å². The second-order valence-electron chi connectivity index (χ2n) is 15.0. The molecule has 2 aromatic carbocycles.